The Morgan fingerprint density at radius 3 is 2.39 bits per heavy atom. The lowest BCUT2D eigenvalue weighted by molar-refractivity contribution is 0.102. The molecule has 122 valence electrons. The Labute approximate surface area is 136 Å². The number of amides is 1. The second-order valence-electron chi connectivity index (χ2n) is 5.43. The van der Waals surface area contributed by atoms with Gasteiger partial charge in [-0.25, -0.2) is 13.1 Å². The van der Waals surface area contributed by atoms with E-state index in [4.69, 9.17) is 0 Å². The number of para-hydroxylation sites is 1. The van der Waals surface area contributed by atoms with Crippen molar-refractivity contribution >= 4 is 21.6 Å². The molecule has 0 spiro atoms. The van der Waals surface area contributed by atoms with E-state index in [0.717, 1.165) is 11.3 Å². The number of carbonyl (C=O) groups excluding carboxylic acids is 1. The fraction of sp³-hybridized carbons (Fsp3) is 0.235. The standard InChI is InChI=1S/C17H20N2O3S/c1-12(2)15-9-4-5-10-16(15)19-17(20)13-7-6-8-14(11-13)23(21,22)18-3/h4-12,18H,1-3H3,(H,19,20). The van der Waals surface area contributed by atoms with Gasteiger partial charge in [-0.15, -0.1) is 0 Å². The molecule has 0 heterocycles. The number of anilines is 1. The topological polar surface area (TPSA) is 75.3 Å². The van der Waals surface area contributed by atoms with Crippen molar-refractivity contribution in [1.82, 2.24) is 4.72 Å². The summed E-state index contributed by atoms with van der Waals surface area (Å²) in [5, 5.41) is 2.85. The van der Waals surface area contributed by atoms with Crippen molar-refractivity contribution in [2.24, 2.45) is 0 Å². The SMILES string of the molecule is CNS(=O)(=O)c1cccc(C(=O)Nc2ccccc2C(C)C)c1. The van der Waals surface area contributed by atoms with E-state index in [1.807, 2.05) is 38.1 Å². The van der Waals surface area contributed by atoms with Crippen LogP contribution in [0.4, 0.5) is 5.69 Å². The molecule has 0 atom stereocenters. The number of carbonyl (C=O) groups is 1. The normalized spacial score (nSPS) is 11.5. The zero-order valence-electron chi connectivity index (χ0n) is 13.3. The largest absolute Gasteiger partial charge is 0.322 e. The van der Waals surface area contributed by atoms with Gasteiger partial charge in [-0.05, 0) is 42.8 Å². The predicted molar refractivity (Wildman–Crippen MR) is 91.2 cm³/mol. The molecule has 6 heteroatoms. The number of hydrogen-bond acceptors (Lipinski definition) is 3. The average Bonchev–Trinajstić information content (AvgIpc) is 2.55. The van der Waals surface area contributed by atoms with Crippen LogP contribution in [0.2, 0.25) is 0 Å². The summed E-state index contributed by atoms with van der Waals surface area (Å²) in [7, 11) is -2.24. The van der Waals surface area contributed by atoms with E-state index < -0.39 is 10.0 Å². The summed E-state index contributed by atoms with van der Waals surface area (Å²) in [4.78, 5) is 12.5. The Kier molecular flexibility index (Phi) is 5.18. The van der Waals surface area contributed by atoms with Gasteiger partial charge >= 0.3 is 0 Å². The van der Waals surface area contributed by atoms with Gasteiger partial charge in [0.2, 0.25) is 10.0 Å². The van der Waals surface area contributed by atoms with Crippen LogP contribution in [0.25, 0.3) is 0 Å². The Balaban J connectivity index is 2.31. The molecule has 0 saturated carbocycles. The average molecular weight is 332 g/mol. The molecule has 0 aromatic heterocycles. The monoisotopic (exact) mass is 332 g/mol. The van der Waals surface area contributed by atoms with Crippen LogP contribution in [0, 0.1) is 0 Å². The van der Waals surface area contributed by atoms with Crippen molar-refractivity contribution < 1.29 is 13.2 Å². The minimum atomic E-state index is -3.58. The number of benzene rings is 2. The molecule has 1 amide bonds. The quantitative estimate of drug-likeness (QED) is 0.884. The van der Waals surface area contributed by atoms with Crippen molar-refractivity contribution in [2.75, 3.05) is 12.4 Å². The number of nitrogens with one attached hydrogen (secondary N) is 2. The zero-order valence-corrected chi connectivity index (χ0v) is 14.1. The lowest BCUT2D eigenvalue weighted by Gasteiger charge is -2.14. The maximum atomic E-state index is 12.4. The van der Waals surface area contributed by atoms with E-state index in [2.05, 4.69) is 10.0 Å². The van der Waals surface area contributed by atoms with E-state index in [-0.39, 0.29) is 16.7 Å². The summed E-state index contributed by atoms with van der Waals surface area (Å²) in [5.74, 6) is -0.0752. The first-order valence-corrected chi connectivity index (χ1v) is 8.77. The van der Waals surface area contributed by atoms with Gasteiger partial charge < -0.3 is 5.32 Å². The fourth-order valence-electron chi connectivity index (χ4n) is 2.23. The molecule has 2 N–H and O–H groups in total. The van der Waals surface area contributed by atoms with Crippen LogP contribution in [-0.4, -0.2) is 21.4 Å². The van der Waals surface area contributed by atoms with Crippen molar-refractivity contribution in [1.29, 1.82) is 0 Å². The van der Waals surface area contributed by atoms with Crippen molar-refractivity contribution in [2.45, 2.75) is 24.7 Å². The first-order valence-electron chi connectivity index (χ1n) is 7.29. The molecular weight excluding hydrogens is 312 g/mol. The van der Waals surface area contributed by atoms with E-state index in [1.165, 1.54) is 19.2 Å². The molecule has 0 aliphatic carbocycles. The molecule has 0 radical (unpaired) electrons. The van der Waals surface area contributed by atoms with Crippen molar-refractivity contribution in [3.8, 4) is 0 Å². The van der Waals surface area contributed by atoms with E-state index in [9.17, 15) is 13.2 Å². The molecule has 0 unspecified atom stereocenters. The van der Waals surface area contributed by atoms with Crippen molar-refractivity contribution in [3.63, 3.8) is 0 Å². The maximum Gasteiger partial charge on any atom is 0.255 e. The summed E-state index contributed by atoms with van der Waals surface area (Å²) in [6.45, 7) is 4.09. The smallest absolute Gasteiger partial charge is 0.255 e. The summed E-state index contributed by atoms with van der Waals surface area (Å²) in [6, 6.07) is 13.5. The van der Waals surface area contributed by atoms with Crippen LogP contribution < -0.4 is 10.0 Å². The number of sulfonamides is 1. The van der Waals surface area contributed by atoms with Gasteiger partial charge in [0.25, 0.3) is 5.91 Å². The van der Waals surface area contributed by atoms with Crippen LogP contribution in [-0.2, 0) is 10.0 Å². The van der Waals surface area contributed by atoms with Crippen LogP contribution in [0.1, 0.15) is 35.7 Å². The number of rotatable bonds is 5. The van der Waals surface area contributed by atoms with Gasteiger partial charge in [-0.1, -0.05) is 38.1 Å². The molecule has 2 rings (SSSR count). The lowest BCUT2D eigenvalue weighted by Crippen LogP contribution is -2.20. The molecule has 23 heavy (non-hydrogen) atoms. The third-order valence-electron chi connectivity index (χ3n) is 3.51. The lowest BCUT2D eigenvalue weighted by atomic mass is 10.0. The molecule has 2 aromatic carbocycles. The Morgan fingerprint density at radius 1 is 1.04 bits per heavy atom. The second kappa shape index (κ2) is 6.93. The fourth-order valence-corrected chi connectivity index (χ4v) is 3.01. The van der Waals surface area contributed by atoms with Gasteiger partial charge in [0.05, 0.1) is 4.90 Å². The van der Waals surface area contributed by atoms with Crippen LogP contribution >= 0.6 is 0 Å². The summed E-state index contributed by atoms with van der Waals surface area (Å²) >= 11 is 0. The van der Waals surface area contributed by atoms with E-state index in [0.29, 0.717) is 5.56 Å². The molecule has 2 aromatic rings. The zero-order chi connectivity index (χ0) is 17.0. The Morgan fingerprint density at radius 2 is 1.74 bits per heavy atom. The predicted octanol–water partition coefficient (Wildman–Crippen LogP) is 2.97. The molecule has 0 aliphatic heterocycles. The highest BCUT2D eigenvalue weighted by atomic mass is 32.2. The van der Waals surface area contributed by atoms with Crippen LogP contribution in [0.5, 0.6) is 0 Å². The Bertz CT molecular complexity index is 814. The van der Waals surface area contributed by atoms with Gasteiger partial charge in [0, 0.05) is 11.3 Å². The molecular formula is C17H20N2O3S. The first kappa shape index (κ1) is 17.2. The minimum Gasteiger partial charge on any atom is -0.322 e. The highest BCUT2D eigenvalue weighted by molar-refractivity contribution is 7.89. The van der Waals surface area contributed by atoms with Crippen LogP contribution in [0.3, 0.4) is 0 Å². The third-order valence-corrected chi connectivity index (χ3v) is 4.92. The summed E-state index contributed by atoms with van der Waals surface area (Å²) in [6.07, 6.45) is 0. The number of hydrogen-bond donors (Lipinski definition) is 2. The van der Waals surface area contributed by atoms with Gasteiger partial charge in [-0.2, -0.15) is 0 Å². The van der Waals surface area contributed by atoms with Crippen molar-refractivity contribution in [3.05, 3.63) is 59.7 Å². The first-order chi connectivity index (χ1) is 10.8. The van der Waals surface area contributed by atoms with E-state index >= 15 is 0 Å². The minimum absolute atomic E-state index is 0.0600. The molecule has 0 fully saturated rings. The molecule has 5 nitrogen and oxygen atoms in total. The summed E-state index contributed by atoms with van der Waals surface area (Å²) < 4.78 is 25.9. The maximum absolute atomic E-state index is 12.4. The highest BCUT2D eigenvalue weighted by Gasteiger charge is 2.15. The van der Waals surface area contributed by atoms with Gasteiger partial charge in [0.1, 0.15) is 0 Å². The van der Waals surface area contributed by atoms with Crippen LogP contribution in [0.15, 0.2) is 53.4 Å². The van der Waals surface area contributed by atoms with Gasteiger partial charge in [-0.3, -0.25) is 4.79 Å². The highest BCUT2D eigenvalue weighted by Crippen LogP contribution is 2.24. The molecule has 0 saturated heterocycles. The van der Waals surface area contributed by atoms with Gasteiger partial charge in [0.15, 0.2) is 0 Å². The molecule has 0 aliphatic rings. The molecule has 0 bridgehead atoms. The Hall–Kier alpha value is -2.18. The summed E-state index contributed by atoms with van der Waals surface area (Å²) in [5.41, 5.74) is 2.05. The second-order valence-corrected chi connectivity index (χ2v) is 7.32. The third kappa shape index (κ3) is 3.97. The van der Waals surface area contributed by atoms with E-state index in [1.54, 1.807) is 12.1 Å².